The van der Waals surface area contributed by atoms with Crippen molar-refractivity contribution < 1.29 is 4.74 Å². The summed E-state index contributed by atoms with van der Waals surface area (Å²) in [6.45, 7) is 4.34. The average Bonchev–Trinajstić information content (AvgIpc) is 2.44. The van der Waals surface area contributed by atoms with Crippen LogP contribution in [0.3, 0.4) is 0 Å². The summed E-state index contributed by atoms with van der Waals surface area (Å²) in [5.41, 5.74) is 1.71. The van der Waals surface area contributed by atoms with E-state index in [0.29, 0.717) is 6.54 Å². The van der Waals surface area contributed by atoms with Crippen molar-refractivity contribution in [3.05, 3.63) is 42.0 Å². The Labute approximate surface area is 108 Å². The molecule has 1 aromatic carbocycles. The Morgan fingerprint density at radius 1 is 1.61 bits per heavy atom. The number of nitriles is 1. The van der Waals surface area contributed by atoms with Crippen LogP contribution in [-0.2, 0) is 12.0 Å². The number of ether oxygens (including phenoxy) is 1. The first-order valence-corrected chi connectivity index (χ1v) is 6.20. The number of nitrogens with one attached hydrogen (secondary N) is 1. The van der Waals surface area contributed by atoms with E-state index in [1.807, 2.05) is 18.2 Å². The molecule has 0 amide bonds. The van der Waals surface area contributed by atoms with Crippen molar-refractivity contribution >= 4 is 0 Å². The Morgan fingerprint density at radius 3 is 3.11 bits per heavy atom. The Hall–Kier alpha value is -1.79. The third kappa shape index (κ3) is 2.12. The van der Waals surface area contributed by atoms with E-state index in [1.54, 1.807) is 13.2 Å². The Morgan fingerprint density at radius 2 is 2.44 bits per heavy atom. The molecule has 0 aliphatic heterocycles. The molecule has 2 rings (SSSR count). The lowest BCUT2D eigenvalue weighted by Crippen LogP contribution is -2.43. The van der Waals surface area contributed by atoms with Crippen LogP contribution in [0.4, 0.5) is 0 Å². The highest BCUT2D eigenvalue weighted by atomic mass is 16.5. The van der Waals surface area contributed by atoms with Gasteiger partial charge in [-0.2, -0.15) is 5.26 Å². The number of rotatable bonds is 4. The van der Waals surface area contributed by atoms with E-state index < -0.39 is 5.54 Å². The number of aryl methyl sites for hydroxylation is 1. The van der Waals surface area contributed by atoms with Gasteiger partial charge in [0, 0.05) is 6.54 Å². The standard InChI is InChI=1S/C15H18N2O/c1-3-9-17-15(11-16)8-4-5-12-10-13(18-2)6-7-14(12)15/h3,6-7,10,17H,1,4-5,8-9H2,2H3. The van der Waals surface area contributed by atoms with Crippen molar-refractivity contribution in [2.45, 2.75) is 24.8 Å². The van der Waals surface area contributed by atoms with Gasteiger partial charge in [0.15, 0.2) is 0 Å². The fraction of sp³-hybridized carbons (Fsp3) is 0.400. The lowest BCUT2D eigenvalue weighted by molar-refractivity contribution is 0.377. The molecule has 1 N–H and O–H groups in total. The molecule has 3 nitrogen and oxygen atoms in total. The van der Waals surface area contributed by atoms with Crippen molar-refractivity contribution in [3.63, 3.8) is 0 Å². The summed E-state index contributed by atoms with van der Waals surface area (Å²) >= 11 is 0. The van der Waals surface area contributed by atoms with E-state index in [2.05, 4.69) is 18.0 Å². The predicted molar refractivity (Wildman–Crippen MR) is 71.4 cm³/mol. The molecule has 0 spiro atoms. The Bertz CT molecular complexity index is 490. The molecule has 1 unspecified atom stereocenters. The molecule has 18 heavy (non-hydrogen) atoms. The third-order valence-electron chi connectivity index (χ3n) is 3.51. The molecule has 1 atom stereocenters. The van der Waals surface area contributed by atoms with Crippen LogP contribution in [0, 0.1) is 11.3 Å². The van der Waals surface area contributed by atoms with E-state index in [0.717, 1.165) is 30.6 Å². The maximum absolute atomic E-state index is 9.56. The van der Waals surface area contributed by atoms with Gasteiger partial charge in [-0.05, 0) is 42.5 Å². The van der Waals surface area contributed by atoms with Gasteiger partial charge in [-0.15, -0.1) is 6.58 Å². The molecule has 94 valence electrons. The molecule has 0 bridgehead atoms. The normalized spacial score (nSPS) is 21.8. The molecule has 0 heterocycles. The summed E-state index contributed by atoms with van der Waals surface area (Å²) in [7, 11) is 1.66. The van der Waals surface area contributed by atoms with Gasteiger partial charge in [-0.1, -0.05) is 12.1 Å². The minimum Gasteiger partial charge on any atom is -0.497 e. The van der Waals surface area contributed by atoms with Crippen LogP contribution in [0.5, 0.6) is 5.75 Å². The second-order valence-electron chi connectivity index (χ2n) is 4.56. The maximum atomic E-state index is 9.56. The lowest BCUT2D eigenvalue weighted by atomic mass is 9.77. The SMILES string of the molecule is C=CCNC1(C#N)CCCc2cc(OC)ccc21. The van der Waals surface area contributed by atoms with Crippen LogP contribution in [-0.4, -0.2) is 13.7 Å². The van der Waals surface area contributed by atoms with Crippen molar-refractivity contribution in [1.29, 1.82) is 5.26 Å². The number of hydrogen-bond donors (Lipinski definition) is 1. The van der Waals surface area contributed by atoms with E-state index in [-0.39, 0.29) is 0 Å². The van der Waals surface area contributed by atoms with Crippen LogP contribution in [0.15, 0.2) is 30.9 Å². The smallest absolute Gasteiger partial charge is 0.132 e. The quantitative estimate of drug-likeness (QED) is 0.825. The lowest BCUT2D eigenvalue weighted by Gasteiger charge is -2.34. The zero-order valence-electron chi connectivity index (χ0n) is 10.7. The van der Waals surface area contributed by atoms with Crippen molar-refractivity contribution in [2.24, 2.45) is 0 Å². The van der Waals surface area contributed by atoms with Gasteiger partial charge in [0.2, 0.25) is 0 Å². The first-order chi connectivity index (χ1) is 8.75. The highest BCUT2D eigenvalue weighted by Gasteiger charge is 2.36. The van der Waals surface area contributed by atoms with Crippen LogP contribution < -0.4 is 10.1 Å². The molecule has 1 aromatic rings. The summed E-state index contributed by atoms with van der Waals surface area (Å²) in [6.07, 6.45) is 4.65. The van der Waals surface area contributed by atoms with Gasteiger partial charge in [-0.3, -0.25) is 5.32 Å². The molecule has 0 saturated heterocycles. The largest absolute Gasteiger partial charge is 0.497 e. The Kier molecular flexibility index (Phi) is 3.69. The van der Waals surface area contributed by atoms with Crippen molar-refractivity contribution in [2.75, 3.05) is 13.7 Å². The van der Waals surface area contributed by atoms with Crippen molar-refractivity contribution in [1.82, 2.24) is 5.32 Å². The van der Waals surface area contributed by atoms with E-state index in [9.17, 15) is 5.26 Å². The van der Waals surface area contributed by atoms with Gasteiger partial charge in [0.25, 0.3) is 0 Å². The summed E-state index contributed by atoms with van der Waals surface area (Å²) < 4.78 is 5.24. The second kappa shape index (κ2) is 5.24. The topological polar surface area (TPSA) is 45.0 Å². The first kappa shape index (κ1) is 12.7. The fourth-order valence-electron chi connectivity index (χ4n) is 2.58. The summed E-state index contributed by atoms with van der Waals surface area (Å²) in [4.78, 5) is 0. The monoisotopic (exact) mass is 242 g/mol. The number of methoxy groups -OCH3 is 1. The van der Waals surface area contributed by atoms with Crippen LogP contribution in [0.1, 0.15) is 24.0 Å². The van der Waals surface area contributed by atoms with E-state index in [4.69, 9.17) is 4.74 Å². The summed E-state index contributed by atoms with van der Waals surface area (Å²) in [6, 6.07) is 8.41. The van der Waals surface area contributed by atoms with Crippen molar-refractivity contribution in [3.8, 4) is 11.8 Å². The van der Waals surface area contributed by atoms with E-state index in [1.165, 1.54) is 5.56 Å². The molecule has 0 aromatic heterocycles. The van der Waals surface area contributed by atoms with Gasteiger partial charge in [-0.25, -0.2) is 0 Å². The van der Waals surface area contributed by atoms with Gasteiger partial charge >= 0.3 is 0 Å². The highest BCUT2D eigenvalue weighted by molar-refractivity contribution is 5.45. The summed E-state index contributed by atoms with van der Waals surface area (Å²) in [5, 5.41) is 12.9. The van der Waals surface area contributed by atoms with Crippen LogP contribution >= 0.6 is 0 Å². The van der Waals surface area contributed by atoms with Gasteiger partial charge in [0.1, 0.15) is 11.3 Å². The molecular weight excluding hydrogens is 224 g/mol. The zero-order chi connectivity index (χ0) is 13.0. The van der Waals surface area contributed by atoms with Crippen LogP contribution in [0.2, 0.25) is 0 Å². The highest BCUT2D eigenvalue weighted by Crippen LogP contribution is 2.36. The average molecular weight is 242 g/mol. The Balaban J connectivity index is 2.43. The van der Waals surface area contributed by atoms with Gasteiger partial charge < -0.3 is 4.74 Å². The van der Waals surface area contributed by atoms with E-state index >= 15 is 0 Å². The number of benzene rings is 1. The third-order valence-corrected chi connectivity index (χ3v) is 3.51. The maximum Gasteiger partial charge on any atom is 0.132 e. The first-order valence-electron chi connectivity index (χ1n) is 6.20. The minimum absolute atomic E-state index is 0.575. The fourth-order valence-corrected chi connectivity index (χ4v) is 2.58. The molecule has 3 heteroatoms. The molecule has 0 fully saturated rings. The molecule has 0 radical (unpaired) electrons. The molecule has 1 aliphatic rings. The number of nitrogens with zero attached hydrogens (tertiary/aromatic N) is 1. The molecular formula is C15H18N2O. The number of hydrogen-bond acceptors (Lipinski definition) is 3. The minimum atomic E-state index is -0.575. The predicted octanol–water partition coefficient (Wildman–Crippen LogP) is 2.53. The number of fused-ring (bicyclic) bond motifs is 1. The molecule has 0 saturated carbocycles. The van der Waals surface area contributed by atoms with Crippen LogP contribution in [0.25, 0.3) is 0 Å². The second-order valence-corrected chi connectivity index (χ2v) is 4.56. The van der Waals surface area contributed by atoms with Gasteiger partial charge in [0.05, 0.1) is 13.2 Å². The molecule has 1 aliphatic carbocycles. The zero-order valence-corrected chi connectivity index (χ0v) is 10.7. The summed E-state index contributed by atoms with van der Waals surface area (Å²) in [5.74, 6) is 0.853.